The van der Waals surface area contributed by atoms with Crippen LogP contribution in [0.25, 0.3) is 11.2 Å². The zero-order valence-corrected chi connectivity index (χ0v) is 10.9. The van der Waals surface area contributed by atoms with Gasteiger partial charge in [-0.1, -0.05) is 5.92 Å². The summed E-state index contributed by atoms with van der Waals surface area (Å²) in [6, 6.07) is 0. The monoisotopic (exact) mass is 276 g/mol. The number of imidazole rings is 1. The van der Waals surface area contributed by atoms with Crippen molar-refractivity contribution < 1.29 is 4.79 Å². The Labute approximate surface area is 112 Å². The lowest BCUT2D eigenvalue weighted by Gasteiger charge is -2.06. The number of terminal acetylenes is 1. The summed E-state index contributed by atoms with van der Waals surface area (Å²) in [4.78, 5) is 38.5. The van der Waals surface area contributed by atoms with Crippen LogP contribution < -0.4 is 22.1 Å². The van der Waals surface area contributed by atoms with Crippen LogP contribution in [0, 0.1) is 12.3 Å². The Balaban J connectivity index is 2.88. The lowest BCUT2D eigenvalue weighted by atomic mass is 10.5. The molecule has 0 bridgehead atoms. The van der Waals surface area contributed by atoms with Crippen molar-refractivity contribution in [1.82, 2.24) is 24.1 Å². The maximum atomic E-state index is 12.2. The van der Waals surface area contributed by atoms with Crippen LogP contribution in [0.3, 0.4) is 0 Å². The van der Waals surface area contributed by atoms with E-state index in [1.165, 1.54) is 23.2 Å². The second-order valence-corrected chi connectivity index (χ2v) is 3.99. The SMILES string of the molecule is C#CCn1c(NNC=O)nc2c1c(=O)n(C)c(=O)n2C. The Bertz CT molecular complexity index is 835. The van der Waals surface area contributed by atoms with E-state index in [1.54, 1.807) is 0 Å². The molecule has 104 valence electrons. The molecule has 9 nitrogen and oxygen atoms in total. The summed E-state index contributed by atoms with van der Waals surface area (Å²) in [5.74, 6) is 2.56. The lowest BCUT2D eigenvalue weighted by Crippen LogP contribution is -2.37. The number of hydrazine groups is 1. The second-order valence-electron chi connectivity index (χ2n) is 3.99. The van der Waals surface area contributed by atoms with Crippen LogP contribution in [0.15, 0.2) is 9.59 Å². The summed E-state index contributed by atoms with van der Waals surface area (Å²) >= 11 is 0. The zero-order chi connectivity index (χ0) is 14.9. The van der Waals surface area contributed by atoms with Crippen LogP contribution in [0.4, 0.5) is 5.95 Å². The average Bonchev–Trinajstić information content (AvgIpc) is 2.80. The third-order valence-corrected chi connectivity index (χ3v) is 2.84. The van der Waals surface area contributed by atoms with Gasteiger partial charge < -0.3 is 0 Å². The predicted molar refractivity (Wildman–Crippen MR) is 71.9 cm³/mol. The molecule has 2 aromatic rings. The topological polar surface area (TPSA) is 103 Å². The zero-order valence-electron chi connectivity index (χ0n) is 10.9. The fraction of sp³-hybridized carbons (Fsp3) is 0.273. The minimum atomic E-state index is -0.509. The Morgan fingerprint density at radius 3 is 2.65 bits per heavy atom. The van der Waals surface area contributed by atoms with Crippen LogP contribution in [0.5, 0.6) is 0 Å². The molecule has 0 fully saturated rings. The number of fused-ring (bicyclic) bond motifs is 1. The van der Waals surface area contributed by atoms with Gasteiger partial charge in [-0.3, -0.25) is 34.1 Å². The van der Waals surface area contributed by atoms with Crippen molar-refractivity contribution in [3.63, 3.8) is 0 Å². The third kappa shape index (κ3) is 1.83. The van der Waals surface area contributed by atoms with E-state index in [0.29, 0.717) is 6.41 Å². The molecular formula is C11H12N6O3. The molecule has 0 aliphatic carbocycles. The van der Waals surface area contributed by atoms with Gasteiger partial charge in [0.25, 0.3) is 5.56 Å². The molecule has 1 amide bonds. The molecule has 0 radical (unpaired) electrons. The highest BCUT2D eigenvalue weighted by Gasteiger charge is 2.18. The molecule has 20 heavy (non-hydrogen) atoms. The first-order valence-corrected chi connectivity index (χ1v) is 5.57. The molecule has 0 atom stereocenters. The normalized spacial score (nSPS) is 10.2. The van der Waals surface area contributed by atoms with Crippen molar-refractivity contribution in [1.29, 1.82) is 0 Å². The Morgan fingerprint density at radius 1 is 1.35 bits per heavy atom. The van der Waals surface area contributed by atoms with Gasteiger partial charge in [0, 0.05) is 14.1 Å². The maximum Gasteiger partial charge on any atom is 0.332 e. The number of carbonyl (C=O) groups is 1. The molecule has 0 unspecified atom stereocenters. The van der Waals surface area contributed by atoms with E-state index in [4.69, 9.17) is 6.42 Å². The highest BCUT2D eigenvalue weighted by molar-refractivity contribution is 5.74. The van der Waals surface area contributed by atoms with Crippen molar-refractivity contribution in [3.05, 3.63) is 20.8 Å². The van der Waals surface area contributed by atoms with Crippen molar-refractivity contribution in [3.8, 4) is 12.3 Å². The van der Waals surface area contributed by atoms with Crippen molar-refractivity contribution in [2.75, 3.05) is 5.43 Å². The molecule has 0 saturated carbocycles. The summed E-state index contributed by atoms with van der Waals surface area (Å²) < 4.78 is 3.61. The maximum absolute atomic E-state index is 12.2. The highest BCUT2D eigenvalue weighted by Crippen LogP contribution is 2.14. The van der Waals surface area contributed by atoms with E-state index in [1.807, 2.05) is 0 Å². The Morgan fingerprint density at radius 2 is 2.05 bits per heavy atom. The molecule has 2 heterocycles. The first kappa shape index (κ1) is 13.4. The smallest absolute Gasteiger partial charge is 0.291 e. The van der Waals surface area contributed by atoms with Crippen LogP contribution in [0.2, 0.25) is 0 Å². The quantitative estimate of drug-likeness (QED) is 0.387. The molecule has 2 N–H and O–H groups in total. The van der Waals surface area contributed by atoms with Crippen LogP contribution in [0.1, 0.15) is 0 Å². The molecule has 2 rings (SSSR count). The van der Waals surface area contributed by atoms with Gasteiger partial charge in [-0.15, -0.1) is 6.42 Å². The molecule has 0 aliphatic rings. The first-order chi connectivity index (χ1) is 9.52. The average molecular weight is 276 g/mol. The van der Waals surface area contributed by atoms with Crippen molar-refractivity contribution in [2.45, 2.75) is 6.54 Å². The number of rotatable bonds is 4. The standard InChI is InChI=1S/C11H12N6O3/c1-4-5-17-7-8(13-10(17)14-12-6-18)15(2)11(20)16(3)9(7)19/h1,6H,5H2,2-3H3,(H,12,18)(H,13,14). The molecule has 0 aliphatic heterocycles. The highest BCUT2D eigenvalue weighted by atomic mass is 16.2. The Kier molecular flexibility index (Phi) is 3.30. The number of nitrogens with zero attached hydrogens (tertiary/aromatic N) is 4. The minimum absolute atomic E-state index is 0.0623. The van der Waals surface area contributed by atoms with Gasteiger partial charge in [-0.2, -0.15) is 4.98 Å². The number of aryl methyl sites for hydroxylation is 1. The summed E-state index contributed by atoms with van der Waals surface area (Å²) in [5.41, 5.74) is 4.08. The number of nitrogens with one attached hydrogen (secondary N) is 2. The van der Waals surface area contributed by atoms with Gasteiger partial charge >= 0.3 is 5.69 Å². The summed E-state index contributed by atoms with van der Waals surface area (Å²) in [7, 11) is 2.86. The van der Waals surface area contributed by atoms with E-state index in [2.05, 4.69) is 21.8 Å². The summed E-state index contributed by atoms with van der Waals surface area (Å²) in [6.07, 6.45) is 5.68. The number of hydrogen-bond donors (Lipinski definition) is 2. The number of carbonyl (C=O) groups excluding carboxylic acids is 1. The molecule has 0 aromatic carbocycles. The molecular weight excluding hydrogens is 264 g/mol. The number of aromatic nitrogens is 4. The lowest BCUT2D eigenvalue weighted by molar-refractivity contribution is -0.109. The van der Waals surface area contributed by atoms with Gasteiger partial charge in [0.1, 0.15) is 0 Å². The minimum Gasteiger partial charge on any atom is -0.291 e. The van der Waals surface area contributed by atoms with E-state index in [0.717, 1.165) is 4.57 Å². The Hall–Kier alpha value is -3.02. The van der Waals surface area contributed by atoms with Crippen LogP contribution in [-0.2, 0) is 25.4 Å². The fourth-order valence-electron chi connectivity index (χ4n) is 1.88. The van der Waals surface area contributed by atoms with Gasteiger partial charge in [0.2, 0.25) is 12.4 Å². The van der Waals surface area contributed by atoms with Crippen LogP contribution >= 0.6 is 0 Å². The number of anilines is 1. The molecule has 2 aromatic heterocycles. The largest absolute Gasteiger partial charge is 0.332 e. The third-order valence-electron chi connectivity index (χ3n) is 2.84. The number of hydrogen-bond acceptors (Lipinski definition) is 5. The molecule has 0 saturated heterocycles. The van der Waals surface area contributed by atoms with Crippen molar-refractivity contribution in [2.24, 2.45) is 14.1 Å². The van der Waals surface area contributed by atoms with Gasteiger partial charge in [0.05, 0.1) is 6.54 Å². The summed E-state index contributed by atoms with van der Waals surface area (Å²) in [6.45, 7) is 0.0623. The van der Waals surface area contributed by atoms with Crippen molar-refractivity contribution >= 4 is 23.5 Å². The van der Waals surface area contributed by atoms with Gasteiger partial charge in [-0.25, -0.2) is 4.79 Å². The van der Waals surface area contributed by atoms with Gasteiger partial charge in [0.15, 0.2) is 11.2 Å². The fourth-order valence-corrected chi connectivity index (χ4v) is 1.88. The van der Waals surface area contributed by atoms with Crippen LogP contribution in [-0.4, -0.2) is 25.1 Å². The first-order valence-electron chi connectivity index (χ1n) is 5.57. The van der Waals surface area contributed by atoms with E-state index in [9.17, 15) is 14.4 Å². The second kappa shape index (κ2) is 4.93. The van der Waals surface area contributed by atoms with Gasteiger partial charge in [-0.05, 0) is 0 Å². The van der Waals surface area contributed by atoms with E-state index >= 15 is 0 Å². The molecule has 9 heteroatoms. The molecule has 0 spiro atoms. The summed E-state index contributed by atoms with van der Waals surface area (Å²) in [5, 5.41) is 0. The predicted octanol–water partition coefficient (Wildman–Crippen LogP) is -1.86. The number of amides is 1. The van der Waals surface area contributed by atoms with E-state index in [-0.39, 0.29) is 23.7 Å². The van der Waals surface area contributed by atoms with E-state index < -0.39 is 11.2 Å².